The maximum absolute atomic E-state index is 3.00. The Hall–Kier alpha value is -7.02. The minimum Gasteiger partial charge on any atom is -0.106 e. The molecule has 7 aromatic carbocycles. The van der Waals surface area contributed by atoms with Crippen LogP contribution in [0.15, 0.2) is 232 Å². The fraction of sp³-hybridized carbons (Fsp3) is 0.143. The van der Waals surface area contributed by atoms with Gasteiger partial charge in [0.2, 0.25) is 0 Å². The van der Waals surface area contributed by atoms with Gasteiger partial charge in [0.05, 0.1) is 0 Å². The van der Waals surface area contributed by atoms with E-state index in [9.17, 15) is 0 Å². The van der Waals surface area contributed by atoms with Gasteiger partial charge in [0.25, 0.3) is 0 Å². The molecule has 0 heteroatoms. The Bertz CT molecular complexity index is 2570. The monoisotopic (exact) mass is 821 g/mol. The molecule has 1 aliphatic carbocycles. The maximum Gasteiger partial charge on any atom is -0.00196 e. The van der Waals surface area contributed by atoms with Crippen LogP contribution < -0.4 is 0 Å². The molecule has 0 atom stereocenters. The third-order valence-corrected chi connectivity index (χ3v) is 11.2. The standard InChI is InChI=1S/C58H50.C2H6.C2H4.CH4/c1-3-17-53(41-57(50-22-13-7-14-23-50)51-24-15-8-16-25-51)48-34-36-52(37-35-48)56(4-2)58-42-54(49-32-30-47(31-33-49)45-20-11-6-12-21-45)38-39-55(58)40-43-26-28-46(29-27-43)44-18-9-5-10-19-44;2*1-2;/h4-30,32,34-39,41-42H,3,31,33,40H2,1-2H3;1-2H3;1-2H2;1H4/b53-17+,56-4-;;;. The molecular weight excluding hydrogens is 757 g/mol. The molecule has 0 fully saturated rings. The number of rotatable bonds is 12. The molecule has 0 unspecified atom stereocenters. The largest absolute Gasteiger partial charge is 0.106 e. The lowest BCUT2D eigenvalue weighted by Gasteiger charge is -2.20. The van der Waals surface area contributed by atoms with Crippen LogP contribution in [0.2, 0.25) is 0 Å². The Labute approximate surface area is 379 Å². The molecule has 0 aliphatic heterocycles. The van der Waals surface area contributed by atoms with E-state index in [0.29, 0.717) is 0 Å². The van der Waals surface area contributed by atoms with Gasteiger partial charge < -0.3 is 0 Å². The first kappa shape index (κ1) is 47.0. The summed E-state index contributed by atoms with van der Waals surface area (Å²) >= 11 is 0. The third kappa shape index (κ3) is 12.1. The van der Waals surface area contributed by atoms with E-state index in [2.05, 4.69) is 245 Å². The summed E-state index contributed by atoms with van der Waals surface area (Å²) in [5.74, 6) is 0. The Kier molecular flexibility index (Phi) is 18.2. The zero-order chi connectivity index (χ0) is 43.5. The molecule has 0 nitrogen and oxygen atoms in total. The van der Waals surface area contributed by atoms with Gasteiger partial charge in [-0.05, 0) is 134 Å². The van der Waals surface area contributed by atoms with Gasteiger partial charge in [-0.1, -0.05) is 234 Å². The van der Waals surface area contributed by atoms with Crippen molar-refractivity contribution < 1.29 is 0 Å². The normalized spacial score (nSPS) is 12.2. The molecule has 63 heavy (non-hydrogen) atoms. The molecule has 0 N–H and O–H groups in total. The van der Waals surface area contributed by atoms with Crippen molar-refractivity contribution in [3.63, 3.8) is 0 Å². The molecule has 0 saturated carbocycles. The fourth-order valence-electron chi connectivity index (χ4n) is 8.14. The summed E-state index contributed by atoms with van der Waals surface area (Å²) in [6, 6.07) is 68.4. The van der Waals surface area contributed by atoms with Crippen LogP contribution in [0.3, 0.4) is 0 Å². The van der Waals surface area contributed by atoms with Crippen LogP contribution in [0.25, 0.3) is 39.0 Å². The van der Waals surface area contributed by atoms with Crippen LogP contribution in [0.5, 0.6) is 0 Å². The summed E-state index contributed by atoms with van der Waals surface area (Å²) in [6.07, 6.45) is 15.5. The Morgan fingerprint density at radius 3 is 1.44 bits per heavy atom. The quantitative estimate of drug-likeness (QED) is 0.0851. The molecule has 0 bridgehead atoms. The van der Waals surface area contributed by atoms with E-state index in [0.717, 1.165) is 25.7 Å². The van der Waals surface area contributed by atoms with E-state index in [1.54, 1.807) is 0 Å². The minimum atomic E-state index is 0. The molecule has 316 valence electrons. The number of hydrogen-bond acceptors (Lipinski definition) is 0. The van der Waals surface area contributed by atoms with Crippen molar-refractivity contribution in [1.29, 1.82) is 0 Å². The summed E-state index contributed by atoms with van der Waals surface area (Å²) in [5.41, 5.74) is 20.4. The molecule has 0 saturated heterocycles. The first-order valence-electron chi connectivity index (χ1n) is 22.2. The highest BCUT2D eigenvalue weighted by Gasteiger charge is 2.16. The summed E-state index contributed by atoms with van der Waals surface area (Å²) < 4.78 is 0. The first-order valence-corrected chi connectivity index (χ1v) is 22.2. The van der Waals surface area contributed by atoms with Crippen molar-refractivity contribution in [2.45, 2.75) is 60.8 Å². The molecule has 7 aromatic rings. The topological polar surface area (TPSA) is 0 Å². The van der Waals surface area contributed by atoms with Crippen LogP contribution >= 0.6 is 0 Å². The third-order valence-electron chi connectivity index (χ3n) is 11.2. The summed E-state index contributed by atoms with van der Waals surface area (Å²) in [5, 5.41) is 0. The zero-order valence-corrected chi connectivity index (χ0v) is 37.0. The van der Waals surface area contributed by atoms with Gasteiger partial charge in [0.15, 0.2) is 0 Å². The predicted octanol–water partition coefficient (Wildman–Crippen LogP) is 18.0. The van der Waals surface area contributed by atoms with Gasteiger partial charge in [-0.3, -0.25) is 0 Å². The molecule has 8 rings (SSSR count). The van der Waals surface area contributed by atoms with Crippen LogP contribution in [-0.4, -0.2) is 0 Å². The van der Waals surface area contributed by atoms with Crippen LogP contribution in [0.1, 0.15) is 104 Å². The SMILES string of the molecule is C.C/C=C(/c1ccc(/C(C=C(c2ccccc2)c2ccccc2)=C/CC)cc1)c1cc(C2=CC=C(c3ccccc3)CC2)ccc1Cc1ccc(-c2ccccc2)cc1.C=C.CC. The Balaban J connectivity index is 0.00000146. The lowest BCUT2D eigenvalue weighted by atomic mass is 9.85. The summed E-state index contributed by atoms with van der Waals surface area (Å²) in [7, 11) is 0. The Morgan fingerprint density at radius 1 is 0.492 bits per heavy atom. The van der Waals surface area contributed by atoms with E-state index in [1.807, 2.05) is 13.8 Å². The molecule has 0 spiro atoms. The first-order chi connectivity index (χ1) is 30.7. The Morgan fingerprint density at radius 2 is 0.937 bits per heavy atom. The zero-order valence-electron chi connectivity index (χ0n) is 37.0. The smallest absolute Gasteiger partial charge is 0.00196 e. The molecule has 1 aliphatic rings. The highest BCUT2D eigenvalue weighted by atomic mass is 14.2. The predicted molar refractivity (Wildman–Crippen MR) is 280 cm³/mol. The molecule has 0 aromatic heterocycles. The minimum absolute atomic E-state index is 0. The highest BCUT2D eigenvalue weighted by Crippen LogP contribution is 2.37. The van der Waals surface area contributed by atoms with Crippen molar-refractivity contribution in [1.82, 2.24) is 0 Å². The highest BCUT2D eigenvalue weighted by molar-refractivity contribution is 5.91. The van der Waals surface area contributed by atoms with Gasteiger partial charge in [-0.2, -0.15) is 0 Å². The lowest BCUT2D eigenvalue weighted by Crippen LogP contribution is -2.01. The van der Waals surface area contributed by atoms with Crippen LogP contribution in [0.4, 0.5) is 0 Å². The van der Waals surface area contributed by atoms with E-state index in [4.69, 9.17) is 0 Å². The molecule has 0 heterocycles. The number of benzene rings is 7. The average molecular weight is 821 g/mol. The van der Waals surface area contributed by atoms with E-state index in [-0.39, 0.29) is 7.43 Å². The van der Waals surface area contributed by atoms with Crippen molar-refractivity contribution in [2.24, 2.45) is 0 Å². The van der Waals surface area contributed by atoms with Gasteiger partial charge in [0, 0.05) is 0 Å². The van der Waals surface area contributed by atoms with Crippen molar-refractivity contribution in [3.05, 3.63) is 282 Å². The lowest BCUT2D eigenvalue weighted by molar-refractivity contribution is 1.07. The molecule has 0 radical (unpaired) electrons. The van der Waals surface area contributed by atoms with E-state index in [1.165, 1.54) is 89.1 Å². The van der Waals surface area contributed by atoms with Gasteiger partial charge in [-0.25, -0.2) is 0 Å². The van der Waals surface area contributed by atoms with E-state index < -0.39 is 0 Å². The van der Waals surface area contributed by atoms with Crippen molar-refractivity contribution in [2.75, 3.05) is 0 Å². The van der Waals surface area contributed by atoms with Crippen LogP contribution in [-0.2, 0) is 6.42 Å². The second-order valence-electron chi connectivity index (χ2n) is 15.0. The summed E-state index contributed by atoms with van der Waals surface area (Å²) in [4.78, 5) is 0. The number of hydrogen-bond donors (Lipinski definition) is 0. The second kappa shape index (κ2) is 24.4. The second-order valence-corrected chi connectivity index (χ2v) is 15.0. The van der Waals surface area contributed by atoms with Crippen LogP contribution in [0, 0.1) is 0 Å². The number of allylic oxidation sites excluding steroid dienone is 8. The average Bonchev–Trinajstić information content (AvgIpc) is 3.36. The van der Waals surface area contributed by atoms with Gasteiger partial charge >= 0.3 is 0 Å². The molecular formula is C63H64. The van der Waals surface area contributed by atoms with E-state index >= 15 is 0 Å². The molecule has 0 amide bonds. The van der Waals surface area contributed by atoms with Gasteiger partial charge in [0.1, 0.15) is 0 Å². The maximum atomic E-state index is 3.00. The fourth-order valence-corrected chi connectivity index (χ4v) is 8.14. The summed E-state index contributed by atoms with van der Waals surface area (Å²) in [6.45, 7) is 14.4. The van der Waals surface area contributed by atoms with Crippen molar-refractivity contribution in [3.8, 4) is 11.1 Å². The van der Waals surface area contributed by atoms with Gasteiger partial charge in [-0.15, -0.1) is 13.2 Å². The van der Waals surface area contributed by atoms with Crippen molar-refractivity contribution >= 4 is 27.9 Å².